The quantitative estimate of drug-likeness (QED) is 0.393. The van der Waals surface area contributed by atoms with Crippen LogP contribution in [-0.4, -0.2) is 28.1 Å². The lowest BCUT2D eigenvalue weighted by molar-refractivity contribution is -0.139. The van der Waals surface area contributed by atoms with Crippen LogP contribution in [0.5, 0.6) is 0 Å². The zero-order chi connectivity index (χ0) is 10.5. The molecule has 13 heavy (non-hydrogen) atoms. The number of hydrogen-bond acceptors (Lipinski definition) is 4. The van der Waals surface area contributed by atoms with Gasteiger partial charge < -0.3 is 9.29 Å². The van der Waals surface area contributed by atoms with E-state index in [0.717, 1.165) is 0 Å². The predicted molar refractivity (Wildman–Crippen MR) is 53.0 cm³/mol. The highest BCUT2D eigenvalue weighted by Crippen LogP contribution is 2.16. The summed E-state index contributed by atoms with van der Waals surface area (Å²) in [5.41, 5.74) is 0. The molecule has 0 aromatic heterocycles. The van der Waals surface area contributed by atoms with Crippen molar-refractivity contribution in [2.45, 2.75) is 32.4 Å². The van der Waals surface area contributed by atoms with Gasteiger partial charge in [-0.25, -0.2) is 0 Å². The highest BCUT2D eigenvalue weighted by molar-refractivity contribution is 7.91. The van der Waals surface area contributed by atoms with E-state index < -0.39 is 11.4 Å². The summed E-state index contributed by atoms with van der Waals surface area (Å²) in [6.45, 7) is 6.87. The maximum Gasteiger partial charge on any atom is 0.302 e. The van der Waals surface area contributed by atoms with Crippen molar-refractivity contribution in [3.8, 4) is 0 Å². The number of carbonyl (C=O) groups excluding carboxylic acids is 1. The molecule has 0 aliphatic carbocycles. The van der Waals surface area contributed by atoms with Gasteiger partial charge in [-0.1, -0.05) is 4.40 Å². The van der Waals surface area contributed by atoms with Crippen LogP contribution in [0.2, 0.25) is 0 Å². The Morgan fingerprint density at radius 2 is 2.15 bits per heavy atom. The highest BCUT2D eigenvalue weighted by Gasteiger charge is 2.25. The molecular weight excluding hydrogens is 190 g/mol. The molecule has 0 aliphatic rings. The summed E-state index contributed by atoms with van der Waals surface area (Å²) in [6, 6.07) is 0. The van der Waals surface area contributed by atoms with Gasteiger partial charge in [0.2, 0.25) is 0 Å². The molecule has 0 radical (unpaired) electrons. The third-order valence-electron chi connectivity index (χ3n) is 1.06. The van der Waals surface area contributed by atoms with Crippen LogP contribution in [0.15, 0.2) is 4.40 Å². The molecule has 0 saturated carbocycles. The van der Waals surface area contributed by atoms with Gasteiger partial charge in [-0.15, -0.1) is 0 Å². The number of rotatable bonds is 3. The van der Waals surface area contributed by atoms with Crippen LogP contribution in [0.1, 0.15) is 27.7 Å². The van der Waals surface area contributed by atoms with E-state index >= 15 is 0 Å². The van der Waals surface area contributed by atoms with Crippen molar-refractivity contribution in [3.05, 3.63) is 0 Å². The lowest BCUT2D eigenvalue weighted by atomic mass is 10.3. The van der Waals surface area contributed by atoms with Gasteiger partial charge in [-0.2, -0.15) is 0 Å². The number of nitrogens with zero attached hydrogens (tertiary/aromatic N) is 1. The maximum absolute atomic E-state index is 11.3. The molecule has 0 aromatic rings. The Bertz CT molecular complexity index is 198. The zero-order valence-corrected chi connectivity index (χ0v) is 9.18. The Labute approximate surface area is 81.7 Å². The van der Waals surface area contributed by atoms with Gasteiger partial charge in [0.05, 0.1) is 6.21 Å². The SMILES string of the molecule is CC(=O)OC/C=N/[S+]([O-])C(C)(C)C. The molecule has 76 valence electrons. The maximum atomic E-state index is 11.3. The lowest BCUT2D eigenvalue weighted by Crippen LogP contribution is -2.26. The van der Waals surface area contributed by atoms with Gasteiger partial charge in [-0.3, -0.25) is 4.79 Å². The van der Waals surface area contributed by atoms with E-state index in [-0.39, 0.29) is 17.3 Å². The van der Waals surface area contributed by atoms with Crippen molar-refractivity contribution in [2.24, 2.45) is 4.40 Å². The van der Waals surface area contributed by atoms with E-state index in [1.165, 1.54) is 13.1 Å². The largest absolute Gasteiger partial charge is 0.591 e. The van der Waals surface area contributed by atoms with Crippen LogP contribution in [0.3, 0.4) is 0 Å². The van der Waals surface area contributed by atoms with Crippen molar-refractivity contribution in [1.29, 1.82) is 0 Å². The summed E-state index contributed by atoms with van der Waals surface area (Å²) in [7, 11) is 0. The minimum Gasteiger partial charge on any atom is -0.591 e. The van der Waals surface area contributed by atoms with Crippen molar-refractivity contribution in [2.75, 3.05) is 6.61 Å². The molecule has 0 aromatic carbocycles. The van der Waals surface area contributed by atoms with E-state index in [2.05, 4.69) is 9.13 Å². The lowest BCUT2D eigenvalue weighted by Gasteiger charge is -2.17. The molecule has 1 atom stereocenters. The molecule has 0 spiro atoms. The molecule has 0 N–H and O–H groups in total. The standard InChI is InChI=1S/C8H15NO3S/c1-7(10)12-6-5-9-13(11)8(2,3)4/h5H,6H2,1-4H3/b9-5+. The fourth-order valence-corrected chi connectivity index (χ4v) is 0.923. The Hall–Kier alpha value is -0.550. The molecule has 0 saturated heterocycles. The molecule has 0 amide bonds. The number of hydrogen-bond donors (Lipinski definition) is 0. The zero-order valence-electron chi connectivity index (χ0n) is 8.36. The second-order valence-corrected chi connectivity index (χ2v) is 5.39. The van der Waals surface area contributed by atoms with E-state index in [0.29, 0.717) is 0 Å². The van der Waals surface area contributed by atoms with Gasteiger partial charge in [0.1, 0.15) is 22.7 Å². The van der Waals surface area contributed by atoms with Gasteiger partial charge in [0.25, 0.3) is 0 Å². The van der Waals surface area contributed by atoms with Crippen molar-refractivity contribution >= 4 is 23.5 Å². The Morgan fingerprint density at radius 1 is 1.62 bits per heavy atom. The van der Waals surface area contributed by atoms with Gasteiger partial charge in [0.15, 0.2) is 0 Å². The van der Waals surface area contributed by atoms with Crippen LogP contribution in [-0.2, 0) is 20.9 Å². The number of esters is 1. The van der Waals surface area contributed by atoms with E-state index in [9.17, 15) is 9.35 Å². The van der Waals surface area contributed by atoms with E-state index in [1.54, 1.807) is 0 Å². The Morgan fingerprint density at radius 3 is 2.54 bits per heavy atom. The third-order valence-corrected chi connectivity index (χ3v) is 2.44. The summed E-state index contributed by atoms with van der Waals surface area (Å²) in [6.07, 6.45) is 1.35. The number of carbonyl (C=O) groups is 1. The topological polar surface area (TPSA) is 61.7 Å². The van der Waals surface area contributed by atoms with Crippen molar-refractivity contribution in [1.82, 2.24) is 0 Å². The van der Waals surface area contributed by atoms with Crippen molar-refractivity contribution in [3.63, 3.8) is 0 Å². The second kappa shape index (κ2) is 5.24. The van der Waals surface area contributed by atoms with Crippen molar-refractivity contribution < 1.29 is 14.1 Å². The van der Waals surface area contributed by atoms with Crippen LogP contribution in [0.25, 0.3) is 0 Å². The summed E-state index contributed by atoms with van der Waals surface area (Å²) < 4.78 is 19.2. The number of ether oxygens (including phenoxy) is 1. The minimum absolute atomic E-state index is 0.0805. The molecule has 4 nitrogen and oxygen atoms in total. The Balaban J connectivity index is 3.79. The van der Waals surface area contributed by atoms with Gasteiger partial charge in [-0.05, 0) is 20.8 Å². The minimum atomic E-state index is -1.27. The summed E-state index contributed by atoms with van der Waals surface area (Å²) >= 11 is -1.27. The average Bonchev–Trinajstić information content (AvgIpc) is 1.95. The highest BCUT2D eigenvalue weighted by atomic mass is 32.2. The third kappa shape index (κ3) is 6.60. The molecule has 0 heterocycles. The molecule has 0 bridgehead atoms. The average molecular weight is 205 g/mol. The van der Waals surface area contributed by atoms with Gasteiger partial charge in [0, 0.05) is 6.92 Å². The summed E-state index contributed by atoms with van der Waals surface area (Å²) in [5, 5.41) is 0. The van der Waals surface area contributed by atoms with Gasteiger partial charge >= 0.3 is 5.97 Å². The molecule has 0 rings (SSSR count). The van der Waals surface area contributed by atoms with E-state index in [4.69, 9.17) is 0 Å². The summed E-state index contributed by atoms with van der Waals surface area (Å²) in [4.78, 5) is 10.3. The fourth-order valence-electron chi connectivity index (χ4n) is 0.411. The van der Waals surface area contributed by atoms with Crippen LogP contribution in [0.4, 0.5) is 0 Å². The first-order chi connectivity index (χ1) is 5.84. The first kappa shape index (κ1) is 12.4. The summed E-state index contributed by atoms with van der Waals surface area (Å²) in [5.74, 6) is -0.368. The molecular formula is C8H15NO3S. The predicted octanol–water partition coefficient (Wildman–Crippen LogP) is 1.08. The molecule has 5 heteroatoms. The second-order valence-electron chi connectivity index (χ2n) is 3.45. The Kier molecular flexibility index (Phi) is 5.02. The first-order valence-corrected chi connectivity index (χ1v) is 5.02. The molecule has 0 fully saturated rings. The van der Waals surface area contributed by atoms with Crippen LogP contribution in [0, 0.1) is 0 Å². The fraction of sp³-hybridized carbons (Fsp3) is 0.750. The molecule has 1 unspecified atom stereocenters. The van der Waals surface area contributed by atoms with E-state index in [1.807, 2.05) is 20.8 Å². The molecule has 0 aliphatic heterocycles. The smallest absolute Gasteiger partial charge is 0.302 e. The normalized spacial score (nSPS) is 14.5. The van der Waals surface area contributed by atoms with Crippen LogP contribution >= 0.6 is 0 Å². The first-order valence-electron chi connectivity index (χ1n) is 3.92. The van der Waals surface area contributed by atoms with Crippen LogP contribution < -0.4 is 0 Å². The monoisotopic (exact) mass is 205 g/mol.